The van der Waals surface area contributed by atoms with Gasteiger partial charge in [-0.15, -0.1) is 0 Å². The van der Waals surface area contributed by atoms with Gasteiger partial charge < -0.3 is 0 Å². The van der Waals surface area contributed by atoms with Crippen LogP contribution in [0.15, 0.2) is 10.2 Å². The van der Waals surface area contributed by atoms with E-state index in [1.807, 2.05) is 6.08 Å². The predicted octanol–water partition coefficient (Wildman–Crippen LogP) is 5.87. The van der Waals surface area contributed by atoms with Crippen LogP contribution in [0.5, 0.6) is 0 Å². The Kier molecular flexibility index (Phi) is 15.8. The van der Waals surface area contributed by atoms with Crippen LogP contribution in [-0.4, -0.2) is 18.4 Å². The van der Waals surface area contributed by atoms with Gasteiger partial charge in [0.1, 0.15) is 0 Å². The molecule has 0 aliphatic heterocycles. The maximum atomic E-state index is 6.29. The molecule has 0 rings (SSSR count). The topological polar surface area (TPSA) is 0 Å². The number of allylic oxidation sites excluding steroid dienone is 1. The van der Waals surface area contributed by atoms with Crippen molar-refractivity contribution >= 4 is 27.4 Å². The summed E-state index contributed by atoms with van der Waals surface area (Å²) in [5, 5.41) is 0. The van der Waals surface area contributed by atoms with Crippen molar-refractivity contribution in [3.63, 3.8) is 0 Å². The van der Waals surface area contributed by atoms with E-state index in [4.69, 9.17) is 8.96 Å². The first-order chi connectivity index (χ1) is 8.81. The van der Waals surface area contributed by atoms with Crippen LogP contribution in [-0.2, 0) is 0 Å². The molecule has 0 aromatic carbocycles. The zero-order valence-corrected chi connectivity index (χ0v) is 15.1. The molecule has 0 unspecified atom stereocenters. The Morgan fingerprint density at radius 3 is 2.33 bits per heavy atom. The summed E-state index contributed by atoms with van der Waals surface area (Å²) >= 11 is -1.39. The van der Waals surface area contributed by atoms with Crippen LogP contribution in [0, 0.1) is 11.8 Å². The number of rotatable bonds is 10. The van der Waals surface area contributed by atoms with Crippen LogP contribution >= 0.6 is 8.96 Å². The van der Waals surface area contributed by atoms with Gasteiger partial charge in [0.2, 0.25) is 0 Å². The number of halogens is 1. The first kappa shape index (κ1) is 18.4. The van der Waals surface area contributed by atoms with Crippen molar-refractivity contribution in [1.29, 1.82) is 0 Å². The van der Waals surface area contributed by atoms with Gasteiger partial charge in [-0.25, -0.2) is 0 Å². The molecule has 0 aromatic rings. The van der Waals surface area contributed by atoms with Crippen LogP contribution in [0.2, 0.25) is 4.47 Å². The molecule has 0 nitrogen and oxygen atoms in total. The van der Waals surface area contributed by atoms with Gasteiger partial charge in [0, 0.05) is 0 Å². The normalized spacial score (nSPS) is 10.9. The molecule has 0 saturated carbocycles. The zero-order valence-electron chi connectivity index (χ0n) is 12.0. The van der Waals surface area contributed by atoms with Gasteiger partial charge in [0.25, 0.3) is 0 Å². The summed E-state index contributed by atoms with van der Waals surface area (Å²) in [6.45, 7) is 4.47. The van der Waals surface area contributed by atoms with Gasteiger partial charge in [-0.2, -0.15) is 0 Å². The quantitative estimate of drug-likeness (QED) is 0.252. The minimum absolute atomic E-state index is 1.05. The van der Waals surface area contributed by atoms with Crippen molar-refractivity contribution in [3.05, 3.63) is 10.2 Å². The first-order valence-electron chi connectivity index (χ1n) is 7.32. The van der Waals surface area contributed by atoms with E-state index in [1.165, 1.54) is 55.8 Å². The molecule has 0 aliphatic rings. The summed E-state index contributed by atoms with van der Waals surface area (Å²) in [5.74, 6) is 6.34. The second-order valence-electron chi connectivity index (χ2n) is 4.56. The molecule has 0 aliphatic carbocycles. The molecule has 0 atom stereocenters. The number of unbranched alkanes of at least 4 members (excludes halogenated alkanes) is 7. The van der Waals surface area contributed by atoms with Crippen LogP contribution in [0.1, 0.15) is 71.6 Å². The van der Waals surface area contributed by atoms with Crippen LogP contribution < -0.4 is 0 Å². The van der Waals surface area contributed by atoms with Gasteiger partial charge in [-0.1, -0.05) is 0 Å². The Morgan fingerprint density at radius 2 is 1.61 bits per heavy atom. The summed E-state index contributed by atoms with van der Waals surface area (Å²) < 4.78 is 3.42. The van der Waals surface area contributed by atoms with Crippen molar-refractivity contribution in [2.24, 2.45) is 0 Å². The van der Waals surface area contributed by atoms with E-state index in [0.717, 1.165) is 6.42 Å². The summed E-state index contributed by atoms with van der Waals surface area (Å²) in [5.41, 5.74) is 0. The molecule has 0 bridgehead atoms. The Bertz CT molecular complexity index is 250. The third kappa shape index (κ3) is 14.4. The van der Waals surface area contributed by atoms with Gasteiger partial charge >= 0.3 is 126 Å². The predicted molar refractivity (Wildman–Crippen MR) is 86.2 cm³/mol. The fourth-order valence-corrected chi connectivity index (χ4v) is 5.27. The molecule has 0 fully saturated rings. The fourth-order valence-electron chi connectivity index (χ4n) is 1.58. The maximum absolute atomic E-state index is 6.29. The third-order valence-electron chi connectivity index (χ3n) is 2.75. The minimum atomic E-state index is -1.39. The number of hydrogen-bond donors (Lipinski definition) is 0. The molecule has 104 valence electrons. The van der Waals surface area contributed by atoms with Crippen molar-refractivity contribution in [2.45, 2.75) is 76.1 Å². The molecule has 0 spiro atoms. The molecule has 0 heterocycles. The van der Waals surface area contributed by atoms with Crippen molar-refractivity contribution in [2.75, 3.05) is 0 Å². The van der Waals surface area contributed by atoms with E-state index >= 15 is 0 Å². The first-order valence-corrected chi connectivity index (χ1v) is 13.3. The van der Waals surface area contributed by atoms with E-state index in [-0.39, 0.29) is 0 Å². The Morgan fingerprint density at radius 1 is 0.944 bits per heavy atom. The fraction of sp³-hybridized carbons (Fsp3) is 0.750. The Hall–Kier alpha value is 0.380. The molecule has 0 N–H and O–H groups in total. The van der Waals surface area contributed by atoms with Gasteiger partial charge in [0.15, 0.2) is 0 Å². The van der Waals surface area contributed by atoms with Crippen molar-refractivity contribution in [3.8, 4) is 11.8 Å². The second-order valence-corrected chi connectivity index (χ2v) is 11.2. The molecule has 0 saturated heterocycles. The average molecular weight is 383 g/mol. The van der Waals surface area contributed by atoms with Crippen LogP contribution in [0.25, 0.3) is 0 Å². The molecule has 2 heteroatoms. The van der Waals surface area contributed by atoms with E-state index in [0.29, 0.717) is 0 Å². The van der Waals surface area contributed by atoms with Crippen LogP contribution in [0.3, 0.4) is 0 Å². The van der Waals surface area contributed by atoms with Crippen molar-refractivity contribution < 1.29 is 0 Å². The second kappa shape index (κ2) is 15.4. The van der Waals surface area contributed by atoms with Crippen LogP contribution in [0.4, 0.5) is 0 Å². The summed E-state index contributed by atoms with van der Waals surface area (Å²) in [4.78, 5) is 0. The summed E-state index contributed by atoms with van der Waals surface area (Å²) in [7, 11) is 6.29. The molecule has 0 amide bonds. The monoisotopic (exact) mass is 385 g/mol. The average Bonchev–Trinajstić information content (AvgIpc) is 2.38. The Balaban J connectivity index is 3.39. The SMILES string of the molecule is CCCCCCCCC#C/C=C\[Te+](Cl)CCCC. The zero-order chi connectivity index (χ0) is 13.5. The molecule has 18 heavy (non-hydrogen) atoms. The van der Waals surface area contributed by atoms with Gasteiger partial charge in [0.05, 0.1) is 0 Å². The molecule has 0 radical (unpaired) electrons. The van der Waals surface area contributed by atoms with E-state index in [9.17, 15) is 0 Å². The molecular weight excluding hydrogens is 355 g/mol. The van der Waals surface area contributed by atoms with Crippen molar-refractivity contribution in [1.82, 2.24) is 0 Å². The van der Waals surface area contributed by atoms with E-state index in [1.54, 1.807) is 0 Å². The van der Waals surface area contributed by atoms with E-state index in [2.05, 4.69) is 29.8 Å². The standard InChI is InChI=1S/C16H28ClTe/c1-3-5-7-8-9-10-11-12-13-14-16-18(17)15-6-4-2/h14,16H,3-11,15H2,1-2H3/q+1/b16-14-. The molecular formula is C16H28ClTe+. The van der Waals surface area contributed by atoms with Gasteiger partial charge in [-0.3, -0.25) is 0 Å². The Labute approximate surface area is 125 Å². The summed E-state index contributed by atoms with van der Waals surface area (Å²) in [6.07, 6.45) is 13.6. The number of hydrogen-bond acceptors (Lipinski definition) is 0. The van der Waals surface area contributed by atoms with Gasteiger partial charge in [-0.05, 0) is 0 Å². The summed E-state index contributed by atoms with van der Waals surface area (Å²) in [6, 6.07) is 0. The molecule has 0 aromatic heterocycles. The third-order valence-corrected chi connectivity index (χ3v) is 7.64. The van der Waals surface area contributed by atoms with E-state index < -0.39 is 18.4 Å².